The quantitative estimate of drug-likeness (QED) is 0.261. The van der Waals surface area contributed by atoms with E-state index in [1.165, 1.54) is 25.7 Å². The maximum atomic E-state index is 11.7. The summed E-state index contributed by atoms with van der Waals surface area (Å²) >= 11 is 0. The van der Waals surface area contributed by atoms with Crippen molar-refractivity contribution in [1.82, 2.24) is 0 Å². The Morgan fingerprint density at radius 3 is 2.58 bits per heavy atom. The highest BCUT2D eigenvalue weighted by molar-refractivity contribution is 5.99. The van der Waals surface area contributed by atoms with Crippen molar-refractivity contribution in [3.8, 4) is 0 Å². The van der Waals surface area contributed by atoms with Crippen molar-refractivity contribution in [1.29, 1.82) is 0 Å². The Bertz CT molecular complexity index is 307. The average molecular weight is 266 g/mol. The van der Waals surface area contributed by atoms with Crippen LogP contribution in [0.15, 0.2) is 12.2 Å². The van der Waals surface area contributed by atoms with Gasteiger partial charge in [-0.1, -0.05) is 38.3 Å². The molecule has 0 aliphatic carbocycles. The molecular weight excluding hydrogens is 240 g/mol. The fourth-order valence-electron chi connectivity index (χ4n) is 2.28. The maximum absolute atomic E-state index is 11.7. The number of Topliss-reactive ketones (excluding diaryl/α,β-unsaturated/α-hetero) is 1. The zero-order valence-electron chi connectivity index (χ0n) is 12.0. The first-order chi connectivity index (χ1) is 9.25. The van der Waals surface area contributed by atoms with E-state index in [2.05, 4.69) is 19.1 Å². The minimum absolute atomic E-state index is 0.0545. The number of hydrogen-bond acceptors (Lipinski definition) is 3. The van der Waals surface area contributed by atoms with Gasteiger partial charge in [0.25, 0.3) is 0 Å². The Hall–Kier alpha value is -1.12. The molecule has 1 aliphatic heterocycles. The third-order valence-corrected chi connectivity index (χ3v) is 3.51. The van der Waals surface area contributed by atoms with Crippen molar-refractivity contribution in [2.45, 2.75) is 64.7 Å². The van der Waals surface area contributed by atoms with Crippen molar-refractivity contribution in [3.63, 3.8) is 0 Å². The number of ether oxygens (including phenoxy) is 1. The van der Waals surface area contributed by atoms with E-state index in [1.807, 2.05) is 0 Å². The van der Waals surface area contributed by atoms with E-state index in [1.54, 1.807) is 0 Å². The fraction of sp³-hybridized carbons (Fsp3) is 0.750. The summed E-state index contributed by atoms with van der Waals surface area (Å²) in [6.07, 6.45) is 13.5. The van der Waals surface area contributed by atoms with Gasteiger partial charge in [-0.25, -0.2) is 0 Å². The molecular formula is C16H26O3. The standard InChI is InChI=1S/C16H26O3/c1-2-3-4-5-6-7-8-9-10-11-15(17)14-12-13-19-16(14)18/h7-8,14H,2-6,9-13H2,1H3/b8-7+/t14-/m1/s1. The topological polar surface area (TPSA) is 43.4 Å². The molecule has 0 aromatic heterocycles. The molecule has 0 N–H and O–H groups in total. The number of carbonyl (C=O) groups is 2. The number of ketones is 1. The van der Waals surface area contributed by atoms with Gasteiger partial charge >= 0.3 is 5.97 Å². The Labute approximate surface area is 116 Å². The van der Waals surface area contributed by atoms with Crippen LogP contribution in [0.1, 0.15) is 64.7 Å². The van der Waals surface area contributed by atoms with Gasteiger partial charge in [-0.2, -0.15) is 0 Å². The van der Waals surface area contributed by atoms with Crippen molar-refractivity contribution in [2.24, 2.45) is 5.92 Å². The average Bonchev–Trinajstić information content (AvgIpc) is 2.83. The summed E-state index contributed by atoms with van der Waals surface area (Å²) in [5.41, 5.74) is 0. The van der Waals surface area contributed by atoms with E-state index >= 15 is 0 Å². The van der Waals surface area contributed by atoms with Crippen LogP contribution in [0.25, 0.3) is 0 Å². The smallest absolute Gasteiger partial charge is 0.316 e. The van der Waals surface area contributed by atoms with Crippen LogP contribution in [0.5, 0.6) is 0 Å². The SMILES string of the molecule is CCCCCC/C=C/CCCC(=O)[C@H]1CCOC1=O. The van der Waals surface area contributed by atoms with Crippen LogP contribution >= 0.6 is 0 Å². The number of cyclic esters (lactones) is 1. The fourth-order valence-corrected chi connectivity index (χ4v) is 2.28. The molecule has 0 bridgehead atoms. The minimum Gasteiger partial charge on any atom is -0.465 e. The molecule has 19 heavy (non-hydrogen) atoms. The Kier molecular flexibility index (Phi) is 8.19. The molecule has 0 amide bonds. The molecule has 3 heteroatoms. The largest absolute Gasteiger partial charge is 0.465 e. The van der Waals surface area contributed by atoms with Crippen molar-refractivity contribution in [3.05, 3.63) is 12.2 Å². The summed E-state index contributed by atoms with van der Waals surface area (Å²) in [4.78, 5) is 23.0. The molecule has 1 rings (SSSR count). The first kappa shape index (κ1) is 15.9. The number of carbonyl (C=O) groups excluding carboxylic acids is 2. The summed E-state index contributed by atoms with van der Waals surface area (Å²) < 4.78 is 4.80. The third kappa shape index (κ3) is 6.55. The predicted octanol–water partition coefficient (Wildman–Crippen LogP) is 3.82. The zero-order valence-corrected chi connectivity index (χ0v) is 12.0. The first-order valence-electron chi connectivity index (χ1n) is 7.60. The number of rotatable bonds is 10. The predicted molar refractivity (Wildman–Crippen MR) is 75.8 cm³/mol. The van der Waals surface area contributed by atoms with Gasteiger partial charge in [-0.05, 0) is 25.7 Å². The first-order valence-corrected chi connectivity index (χ1v) is 7.60. The molecule has 0 spiro atoms. The number of allylic oxidation sites excluding steroid dienone is 2. The van der Waals surface area contributed by atoms with Crippen LogP contribution < -0.4 is 0 Å². The van der Waals surface area contributed by atoms with E-state index in [0.717, 1.165) is 19.3 Å². The molecule has 0 unspecified atom stereocenters. The highest BCUT2D eigenvalue weighted by Gasteiger charge is 2.32. The van der Waals surface area contributed by atoms with Crippen LogP contribution in [0.3, 0.4) is 0 Å². The summed E-state index contributed by atoms with van der Waals surface area (Å²) in [5, 5.41) is 0. The lowest BCUT2D eigenvalue weighted by Gasteiger charge is -2.03. The summed E-state index contributed by atoms with van der Waals surface area (Å²) in [6.45, 7) is 2.62. The molecule has 1 atom stereocenters. The third-order valence-electron chi connectivity index (χ3n) is 3.51. The van der Waals surface area contributed by atoms with Crippen LogP contribution in [0, 0.1) is 5.92 Å². The Morgan fingerprint density at radius 2 is 1.95 bits per heavy atom. The highest BCUT2D eigenvalue weighted by Crippen LogP contribution is 2.18. The van der Waals surface area contributed by atoms with Crippen LogP contribution in [-0.4, -0.2) is 18.4 Å². The normalized spacial score (nSPS) is 19.0. The molecule has 1 aliphatic rings. The van der Waals surface area contributed by atoms with Gasteiger partial charge in [0.1, 0.15) is 11.7 Å². The molecule has 0 saturated carbocycles. The molecule has 0 radical (unpaired) electrons. The monoisotopic (exact) mass is 266 g/mol. The Balaban J connectivity index is 1.99. The van der Waals surface area contributed by atoms with Gasteiger partial charge in [-0.3, -0.25) is 9.59 Å². The molecule has 1 fully saturated rings. The van der Waals surface area contributed by atoms with E-state index in [4.69, 9.17) is 4.74 Å². The summed E-state index contributed by atoms with van der Waals surface area (Å²) in [5.74, 6) is -0.742. The number of hydrogen-bond donors (Lipinski definition) is 0. The molecule has 0 aromatic carbocycles. The van der Waals surface area contributed by atoms with Crippen LogP contribution in [0.4, 0.5) is 0 Å². The second kappa shape index (κ2) is 9.76. The van der Waals surface area contributed by atoms with Crippen molar-refractivity contribution in [2.75, 3.05) is 6.61 Å². The van der Waals surface area contributed by atoms with Gasteiger partial charge in [0.15, 0.2) is 0 Å². The second-order valence-corrected chi connectivity index (χ2v) is 5.19. The Morgan fingerprint density at radius 1 is 1.21 bits per heavy atom. The van der Waals surface area contributed by atoms with E-state index in [0.29, 0.717) is 19.4 Å². The second-order valence-electron chi connectivity index (χ2n) is 5.19. The van der Waals surface area contributed by atoms with Gasteiger partial charge in [0.2, 0.25) is 0 Å². The van der Waals surface area contributed by atoms with E-state index in [9.17, 15) is 9.59 Å². The van der Waals surface area contributed by atoms with Gasteiger partial charge in [0.05, 0.1) is 6.61 Å². The summed E-state index contributed by atoms with van der Waals surface area (Å²) in [6, 6.07) is 0. The number of unbranched alkanes of at least 4 members (excludes halogenated alkanes) is 5. The van der Waals surface area contributed by atoms with Gasteiger partial charge < -0.3 is 4.74 Å². The summed E-state index contributed by atoms with van der Waals surface area (Å²) in [7, 11) is 0. The lowest BCUT2D eigenvalue weighted by atomic mass is 9.98. The van der Waals surface area contributed by atoms with Gasteiger partial charge in [-0.15, -0.1) is 0 Å². The van der Waals surface area contributed by atoms with Crippen LogP contribution in [-0.2, 0) is 14.3 Å². The molecule has 1 saturated heterocycles. The minimum atomic E-state index is -0.474. The molecule has 108 valence electrons. The lowest BCUT2D eigenvalue weighted by Crippen LogP contribution is -2.18. The lowest BCUT2D eigenvalue weighted by molar-refractivity contribution is -0.144. The van der Waals surface area contributed by atoms with E-state index < -0.39 is 5.92 Å². The zero-order chi connectivity index (χ0) is 13.9. The molecule has 0 aromatic rings. The van der Waals surface area contributed by atoms with Gasteiger partial charge in [0, 0.05) is 12.8 Å². The van der Waals surface area contributed by atoms with Crippen LogP contribution in [0.2, 0.25) is 0 Å². The molecule has 3 nitrogen and oxygen atoms in total. The van der Waals surface area contributed by atoms with E-state index in [-0.39, 0.29) is 11.8 Å². The van der Waals surface area contributed by atoms with Crippen molar-refractivity contribution >= 4 is 11.8 Å². The van der Waals surface area contributed by atoms with Crippen molar-refractivity contribution < 1.29 is 14.3 Å². The highest BCUT2D eigenvalue weighted by atomic mass is 16.5. The molecule has 1 heterocycles. The maximum Gasteiger partial charge on any atom is 0.316 e. The number of esters is 1.